The lowest BCUT2D eigenvalue weighted by Gasteiger charge is -2.19. The maximum absolute atomic E-state index is 10.5. The number of rotatable bonds is 6. The van der Waals surface area contributed by atoms with Crippen LogP contribution in [0.5, 0.6) is 0 Å². The highest BCUT2D eigenvalue weighted by Crippen LogP contribution is 2.24. The lowest BCUT2D eigenvalue weighted by Crippen LogP contribution is -2.21. The third-order valence-electron chi connectivity index (χ3n) is 2.46. The topological polar surface area (TPSA) is 49.8 Å². The average molecular weight is 314 g/mol. The molecule has 0 aliphatic carbocycles. The zero-order valence-corrected chi connectivity index (χ0v) is 12.0. The van der Waals surface area contributed by atoms with E-state index in [4.69, 9.17) is 9.84 Å². The lowest BCUT2D eigenvalue weighted by atomic mass is 10.2. The maximum atomic E-state index is 10.5. The van der Waals surface area contributed by atoms with Crippen LogP contribution < -0.4 is 4.90 Å². The van der Waals surface area contributed by atoms with Gasteiger partial charge in [-0.15, -0.1) is 0 Å². The van der Waals surface area contributed by atoms with Crippen LogP contribution in [0.25, 0.3) is 6.08 Å². The largest absolute Gasteiger partial charge is 0.478 e. The quantitative estimate of drug-likeness (QED) is 0.820. The molecule has 18 heavy (non-hydrogen) atoms. The van der Waals surface area contributed by atoms with Crippen LogP contribution in [0, 0.1) is 0 Å². The van der Waals surface area contributed by atoms with E-state index in [0.717, 1.165) is 28.3 Å². The summed E-state index contributed by atoms with van der Waals surface area (Å²) >= 11 is 3.43. The summed E-state index contributed by atoms with van der Waals surface area (Å²) in [5.41, 5.74) is 1.88. The van der Waals surface area contributed by atoms with Crippen LogP contribution in [0.1, 0.15) is 5.56 Å². The van der Waals surface area contributed by atoms with Gasteiger partial charge in [-0.3, -0.25) is 0 Å². The molecule has 0 saturated carbocycles. The van der Waals surface area contributed by atoms with Crippen LogP contribution in [0.2, 0.25) is 0 Å². The van der Waals surface area contributed by atoms with Gasteiger partial charge in [-0.1, -0.05) is 22.0 Å². The number of ether oxygens (including phenoxy) is 1. The highest BCUT2D eigenvalue weighted by atomic mass is 79.9. The molecule has 0 unspecified atom stereocenters. The van der Waals surface area contributed by atoms with Gasteiger partial charge >= 0.3 is 5.97 Å². The van der Waals surface area contributed by atoms with Crippen LogP contribution >= 0.6 is 15.9 Å². The molecule has 1 N–H and O–H groups in total. The molecule has 0 saturated heterocycles. The number of halogens is 1. The van der Waals surface area contributed by atoms with Gasteiger partial charge in [0.05, 0.1) is 6.61 Å². The second kappa shape index (κ2) is 7.18. The van der Waals surface area contributed by atoms with E-state index in [2.05, 4.69) is 20.8 Å². The predicted molar refractivity (Wildman–Crippen MR) is 76.0 cm³/mol. The Morgan fingerprint density at radius 1 is 1.56 bits per heavy atom. The van der Waals surface area contributed by atoms with Gasteiger partial charge < -0.3 is 14.7 Å². The van der Waals surface area contributed by atoms with Crippen molar-refractivity contribution < 1.29 is 14.6 Å². The first-order chi connectivity index (χ1) is 8.54. The number of methoxy groups -OCH3 is 1. The summed E-state index contributed by atoms with van der Waals surface area (Å²) in [6.07, 6.45) is 2.68. The van der Waals surface area contributed by atoms with Crippen molar-refractivity contribution in [2.24, 2.45) is 0 Å². The minimum absolute atomic E-state index is 0.661. The number of anilines is 1. The summed E-state index contributed by atoms with van der Waals surface area (Å²) in [6, 6.07) is 5.78. The molecule has 0 amide bonds. The fourth-order valence-electron chi connectivity index (χ4n) is 1.41. The molecule has 1 aromatic carbocycles. The highest BCUT2D eigenvalue weighted by molar-refractivity contribution is 9.10. The first-order valence-electron chi connectivity index (χ1n) is 5.45. The van der Waals surface area contributed by atoms with Crippen LogP contribution in [-0.4, -0.2) is 38.4 Å². The molecule has 0 fully saturated rings. The van der Waals surface area contributed by atoms with E-state index in [0.29, 0.717) is 6.61 Å². The minimum Gasteiger partial charge on any atom is -0.478 e. The van der Waals surface area contributed by atoms with Crippen LogP contribution in [-0.2, 0) is 9.53 Å². The zero-order chi connectivity index (χ0) is 13.5. The van der Waals surface area contributed by atoms with Gasteiger partial charge in [0.15, 0.2) is 0 Å². The first kappa shape index (κ1) is 14.7. The number of carbonyl (C=O) groups is 1. The molecule has 0 spiro atoms. The van der Waals surface area contributed by atoms with E-state index in [9.17, 15) is 4.79 Å². The Balaban J connectivity index is 2.81. The van der Waals surface area contributed by atoms with Crippen molar-refractivity contribution in [1.82, 2.24) is 0 Å². The number of hydrogen-bond acceptors (Lipinski definition) is 3. The van der Waals surface area contributed by atoms with Gasteiger partial charge in [-0.2, -0.15) is 0 Å². The summed E-state index contributed by atoms with van der Waals surface area (Å²) in [6.45, 7) is 1.46. The number of nitrogens with zero attached hydrogens (tertiary/aromatic N) is 1. The molecule has 4 nitrogen and oxygen atoms in total. The van der Waals surface area contributed by atoms with Gasteiger partial charge in [0.2, 0.25) is 0 Å². The second-order valence-electron chi connectivity index (χ2n) is 3.79. The van der Waals surface area contributed by atoms with E-state index in [1.165, 1.54) is 0 Å². The molecule has 0 atom stereocenters. The summed E-state index contributed by atoms with van der Waals surface area (Å²) in [7, 11) is 3.65. The third-order valence-corrected chi connectivity index (χ3v) is 3.15. The molecule has 0 aromatic heterocycles. The van der Waals surface area contributed by atoms with E-state index >= 15 is 0 Å². The zero-order valence-electron chi connectivity index (χ0n) is 10.4. The van der Waals surface area contributed by atoms with E-state index in [-0.39, 0.29) is 0 Å². The van der Waals surface area contributed by atoms with Crippen molar-refractivity contribution in [3.8, 4) is 0 Å². The number of aliphatic carboxylic acids is 1. The predicted octanol–water partition coefficient (Wildman–Crippen LogP) is 2.63. The molecule has 0 aliphatic rings. The Morgan fingerprint density at radius 2 is 2.28 bits per heavy atom. The summed E-state index contributed by atoms with van der Waals surface area (Å²) in [5.74, 6) is -0.955. The number of carboxylic acids is 1. The highest BCUT2D eigenvalue weighted by Gasteiger charge is 2.03. The molecule has 98 valence electrons. The molecule has 0 radical (unpaired) electrons. The molecule has 0 heterocycles. The van der Waals surface area contributed by atoms with Gasteiger partial charge in [-0.25, -0.2) is 4.79 Å². The first-order valence-corrected chi connectivity index (χ1v) is 6.24. The Kier molecular flexibility index (Phi) is 5.88. The van der Waals surface area contributed by atoms with Crippen molar-refractivity contribution in [2.45, 2.75) is 0 Å². The third kappa shape index (κ3) is 4.50. The number of benzene rings is 1. The fraction of sp³-hybridized carbons (Fsp3) is 0.308. The number of likely N-dealkylation sites (N-methyl/N-ethyl adjacent to an activating group) is 1. The number of carboxylic acid groups (broad SMARTS) is 1. The summed E-state index contributed by atoms with van der Waals surface area (Å²) in [4.78, 5) is 12.5. The van der Waals surface area contributed by atoms with Crippen molar-refractivity contribution in [2.75, 3.05) is 32.2 Å². The Bertz CT molecular complexity index is 446. The van der Waals surface area contributed by atoms with Crippen LogP contribution in [0.15, 0.2) is 28.7 Å². The fourth-order valence-corrected chi connectivity index (χ4v) is 1.91. The molecule has 1 aromatic rings. The van der Waals surface area contributed by atoms with E-state index < -0.39 is 5.97 Å². The molecular weight excluding hydrogens is 298 g/mol. The van der Waals surface area contributed by atoms with Crippen LogP contribution in [0.3, 0.4) is 0 Å². The summed E-state index contributed by atoms with van der Waals surface area (Å²) in [5, 5.41) is 8.58. The van der Waals surface area contributed by atoms with E-state index in [1.54, 1.807) is 13.2 Å². The Labute approximate surface area is 115 Å². The Morgan fingerprint density at radius 3 is 2.83 bits per heavy atom. The van der Waals surface area contributed by atoms with E-state index in [1.807, 2.05) is 25.2 Å². The smallest absolute Gasteiger partial charge is 0.328 e. The molecule has 1 rings (SSSR count). The molecular formula is C13H16BrNO3. The maximum Gasteiger partial charge on any atom is 0.328 e. The minimum atomic E-state index is -0.955. The number of hydrogen-bond donors (Lipinski definition) is 1. The SMILES string of the molecule is COCCN(C)c1ccc(/C=C/C(=O)O)c(Br)c1. The molecule has 0 aliphatic heterocycles. The molecule has 0 bridgehead atoms. The average Bonchev–Trinajstić information content (AvgIpc) is 2.34. The van der Waals surface area contributed by atoms with Gasteiger partial charge in [0, 0.05) is 36.9 Å². The van der Waals surface area contributed by atoms with Crippen molar-refractivity contribution in [3.63, 3.8) is 0 Å². The Hall–Kier alpha value is -1.33. The van der Waals surface area contributed by atoms with Gasteiger partial charge in [0.1, 0.15) is 0 Å². The standard InChI is InChI=1S/C13H16BrNO3/c1-15(7-8-18-2)11-5-3-10(12(14)9-11)4-6-13(16)17/h3-6,9H,7-8H2,1-2H3,(H,16,17)/b6-4+. The molecule has 5 heteroatoms. The van der Waals surface area contributed by atoms with Crippen molar-refractivity contribution >= 4 is 33.7 Å². The second-order valence-corrected chi connectivity index (χ2v) is 4.65. The summed E-state index contributed by atoms with van der Waals surface area (Å²) < 4.78 is 5.89. The lowest BCUT2D eigenvalue weighted by molar-refractivity contribution is -0.131. The van der Waals surface area contributed by atoms with Crippen LogP contribution in [0.4, 0.5) is 5.69 Å². The van der Waals surface area contributed by atoms with Crippen molar-refractivity contribution in [3.05, 3.63) is 34.3 Å². The van der Waals surface area contributed by atoms with Crippen molar-refractivity contribution in [1.29, 1.82) is 0 Å². The monoisotopic (exact) mass is 313 g/mol. The normalized spacial score (nSPS) is 10.8. The van der Waals surface area contributed by atoms with Gasteiger partial charge in [-0.05, 0) is 23.8 Å². The van der Waals surface area contributed by atoms with Gasteiger partial charge in [0.25, 0.3) is 0 Å².